The average molecular weight is 371 g/mol. The summed E-state index contributed by atoms with van der Waals surface area (Å²) in [6.07, 6.45) is 0. The van der Waals surface area contributed by atoms with Gasteiger partial charge in [-0.15, -0.1) is 15.3 Å². The highest BCUT2D eigenvalue weighted by Crippen LogP contribution is 2.19. The number of carbonyl (C=O) groups excluding carboxylic acids is 1. The van der Waals surface area contributed by atoms with E-state index >= 15 is 0 Å². The summed E-state index contributed by atoms with van der Waals surface area (Å²) < 4.78 is 6.59. The number of aromatic nitrogens is 6. The van der Waals surface area contributed by atoms with Crippen molar-refractivity contribution in [2.24, 2.45) is 7.05 Å². The monoisotopic (exact) mass is 371 g/mol. The zero-order valence-electron chi connectivity index (χ0n) is 14.3. The number of aryl methyl sites for hydroxylation is 1. The van der Waals surface area contributed by atoms with Crippen molar-refractivity contribution in [3.8, 4) is 17.1 Å². The highest BCUT2D eigenvalue weighted by atomic mass is 32.2. The molecule has 0 aliphatic carbocycles. The Balaban J connectivity index is 1.58. The van der Waals surface area contributed by atoms with Crippen LogP contribution in [0, 0.1) is 0 Å². The molecule has 3 aromatic rings. The van der Waals surface area contributed by atoms with Crippen LogP contribution in [0.1, 0.15) is 10.4 Å². The quantitative estimate of drug-likeness (QED) is 0.487. The van der Waals surface area contributed by atoms with Crippen LogP contribution in [-0.4, -0.2) is 55.7 Å². The van der Waals surface area contributed by atoms with Gasteiger partial charge in [0.2, 0.25) is 11.0 Å². The van der Waals surface area contributed by atoms with Crippen LogP contribution in [0.4, 0.5) is 0 Å². The predicted octanol–water partition coefficient (Wildman–Crippen LogP) is 1.20. The molecule has 2 heterocycles. The number of rotatable bonds is 7. The Kier molecular flexibility index (Phi) is 5.74. The van der Waals surface area contributed by atoms with Gasteiger partial charge in [-0.25, -0.2) is 4.68 Å². The third kappa shape index (κ3) is 4.33. The molecule has 0 unspecified atom stereocenters. The Bertz CT molecular complexity index is 882. The van der Waals surface area contributed by atoms with Crippen LogP contribution < -0.4 is 10.1 Å². The molecule has 0 aliphatic rings. The molecule has 0 saturated carbocycles. The van der Waals surface area contributed by atoms with Crippen molar-refractivity contribution in [2.75, 3.05) is 19.4 Å². The first-order valence-corrected chi connectivity index (χ1v) is 8.77. The van der Waals surface area contributed by atoms with Crippen molar-refractivity contribution < 1.29 is 9.53 Å². The summed E-state index contributed by atoms with van der Waals surface area (Å²) in [5.74, 6) is 0.965. The highest BCUT2D eigenvalue weighted by Gasteiger charge is 2.09. The normalized spacial score (nSPS) is 10.5. The van der Waals surface area contributed by atoms with Gasteiger partial charge in [0.25, 0.3) is 5.91 Å². The van der Waals surface area contributed by atoms with E-state index in [0.29, 0.717) is 34.6 Å². The number of thioether (sulfide) groups is 1. The molecule has 134 valence electrons. The lowest BCUT2D eigenvalue weighted by molar-refractivity contribution is 0.0956. The summed E-state index contributed by atoms with van der Waals surface area (Å²) in [7, 11) is 3.31. The van der Waals surface area contributed by atoms with Gasteiger partial charge in [0.1, 0.15) is 0 Å². The fraction of sp³-hybridized carbons (Fsp3) is 0.250. The van der Waals surface area contributed by atoms with Crippen LogP contribution in [0.5, 0.6) is 5.88 Å². The second-order valence-corrected chi connectivity index (χ2v) is 6.29. The summed E-state index contributed by atoms with van der Waals surface area (Å²) in [4.78, 5) is 12.3. The third-order valence-corrected chi connectivity index (χ3v) is 4.48. The molecule has 10 heteroatoms. The molecule has 0 bridgehead atoms. The number of methoxy groups -OCH3 is 1. The number of nitrogens with zero attached hydrogens (tertiary/aromatic N) is 6. The van der Waals surface area contributed by atoms with E-state index in [1.54, 1.807) is 36.0 Å². The summed E-state index contributed by atoms with van der Waals surface area (Å²) >= 11 is 1.48. The second kappa shape index (κ2) is 8.39. The van der Waals surface area contributed by atoms with Gasteiger partial charge in [0.05, 0.1) is 12.8 Å². The van der Waals surface area contributed by atoms with E-state index in [9.17, 15) is 4.79 Å². The minimum absolute atomic E-state index is 0.148. The molecule has 2 aromatic heterocycles. The maximum atomic E-state index is 12.3. The molecule has 0 atom stereocenters. The van der Waals surface area contributed by atoms with Crippen molar-refractivity contribution in [1.29, 1.82) is 0 Å². The zero-order chi connectivity index (χ0) is 18.4. The average Bonchev–Trinajstić information content (AvgIpc) is 3.10. The third-order valence-electron chi connectivity index (χ3n) is 3.47. The first kappa shape index (κ1) is 17.8. The number of hydrogen-bond acceptors (Lipinski definition) is 8. The number of nitrogens with one attached hydrogen (secondary N) is 1. The van der Waals surface area contributed by atoms with Crippen LogP contribution in [0.15, 0.2) is 41.6 Å². The van der Waals surface area contributed by atoms with Gasteiger partial charge in [0, 0.05) is 36.5 Å². The molecule has 0 spiro atoms. The SMILES string of the molecule is COc1ccc(-c2cccc(C(=O)NCCSc3nnnn3C)c2)nn1. The zero-order valence-corrected chi connectivity index (χ0v) is 15.1. The van der Waals surface area contributed by atoms with Crippen molar-refractivity contribution in [3.05, 3.63) is 42.0 Å². The van der Waals surface area contributed by atoms with Crippen LogP contribution >= 0.6 is 11.8 Å². The summed E-state index contributed by atoms with van der Waals surface area (Å²) in [6, 6.07) is 10.8. The highest BCUT2D eigenvalue weighted by molar-refractivity contribution is 7.99. The van der Waals surface area contributed by atoms with E-state index in [-0.39, 0.29) is 5.91 Å². The second-order valence-electron chi connectivity index (χ2n) is 5.23. The van der Waals surface area contributed by atoms with Crippen LogP contribution in [0.3, 0.4) is 0 Å². The van der Waals surface area contributed by atoms with Gasteiger partial charge in [-0.05, 0) is 28.6 Å². The van der Waals surface area contributed by atoms with Gasteiger partial charge in [-0.1, -0.05) is 23.9 Å². The Morgan fingerprint density at radius 3 is 2.81 bits per heavy atom. The van der Waals surface area contributed by atoms with E-state index in [2.05, 4.69) is 31.0 Å². The van der Waals surface area contributed by atoms with E-state index in [0.717, 1.165) is 5.56 Å². The van der Waals surface area contributed by atoms with Gasteiger partial charge in [-0.3, -0.25) is 4.79 Å². The van der Waals surface area contributed by atoms with Gasteiger partial charge in [-0.2, -0.15) is 0 Å². The van der Waals surface area contributed by atoms with Gasteiger partial charge in [0.15, 0.2) is 0 Å². The maximum absolute atomic E-state index is 12.3. The maximum Gasteiger partial charge on any atom is 0.251 e. The van der Waals surface area contributed by atoms with E-state index in [1.807, 2.05) is 12.1 Å². The number of ether oxygens (including phenoxy) is 1. The Hall–Kier alpha value is -3.01. The Labute approximate surface area is 154 Å². The lowest BCUT2D eigenvalue weighted by Crippen LogP contribution is -2.25. The Morgan fingerprint density at radius 2 is 2.12 bits per heavy atom. The molecular weight excluding hydrogens is 354 g/mol. The van der Waals surface area contributed by atoms with Crippen molar-refractivity contribution in [2.45, 2.75) is 5.16 Å². The molecule has 0 fully saturated rings. The van der Waals surface area contributed by atoms with Crippen molar-refractivity contribution >= 4 is 17.7 Å². The van der Waals surface area contributed by atoms with Crippen LogP contribution in [0.25, 0.3) is 11.3 Å². The molecule has 9 nitrogen and oxygen atoms in total. The number of carbonyl (C=O) groups is 1. The standard InChI is InChI=1S/C16H17N7O2S/c1-23-16(20-21-22-23)26-9-8-17-15(24)12-5-3-4-11(10-12)13-6-7-14(25-2)19-18-13/h3-7,10H,8-9H2,1-2H3,(H,17,24). The van der Waals surface area contributed by atoms with Gasteiger partial charge < -0.3 is 10.1 Å². The van der Waals surface area contributed by atoms with E-state index in [1.165, 1.54) is 18.9 Å². The largest absolute Gasteiger partial charge is 0.480 e. The topological polar surface area (TPSA) is 108 Å². The number of benzene rings is 1. The van der Waals surface area contributed by atoms with Crippen LogP contribution in [-0.2, 0) is 7.05 Å². The fourth-order valence-electron chi connectivity index (χ4n) is 2.16. The molecule has 1 aromatic carbocycles. The van der Waals surface area contributed by atoms with Crippen molar-refractivity contribution in [1.82, 2.24) is 35.7 Å². The fourth-order valence-corrected chi connectivity index (χ4v) is 2.86. The molecule has 0 saturated heterocycles. The Morgan fingerprint density at radius 1 is 1.23 bits per heavy atom. The molecule has 1 N–H and O–H groups in total. The smallest absolute Gasteiger partial charge is 0.251 e. The predicted molar refractivity (Wildman–Crippen MR) is 95.9 cm³/mol. The minimum atomic E-state index is -0.148. The minimum Gasteiger partial charge on any atom is -0.480 e. The molecular formula is C16H17N7O2S. The molecule has 1 amide bonds. The van der Waals surface area contributed by atoms with E-state index in [4.69, 9.17) is 4.74 Å². The first-order chi connectivity index (χ1) is 12.7. The molecule has 26 heavy (non-hydrogen) atoms. The molecule has 3 rings (SSSR count). The summed E-state index contributed by atoms with van der Waals surface area (Å²) in [6.45, 7) is 0.503. The van der Waals surface area contributed by atoms with E-state index < -0.39 is 0 Å². The number of amides is 1. The van der Waals surface area contributed by atoms with Crippen LogP contribution in [0.2, 0.25) is 0 Å². The first-order valence-electron chi connectivity index (χ1n) is 7.79. The van der Waals surface area contributed by atoms with Crippen molar-refractivity contribution in [3.63, 3.8) is 0 Å². The summed E-state index contributed by atoms with van der Waals surface area (Å²) in [5.41, 5.74) is 2.04. The van der Waals surface area contributed by atoms with Gasteiger partial charge >= 0.3 is 0 Å². The summed E-state index contributed by atoms with van der Waals surface area (Å²) in [5, 5.41) is 22.8. The molecule has 0 radical (unpaired) electrons. The number of tetrazole rings is 1. The number of hydrogen-bond donors (Lipinski definition) is 1. The lowest BCUT2D eigenvalue weighted by atomic mass is 10.1. The lowest BCUT2D eigenvalue weighted by Gasteiger charge is -2.07. The molecule has 0 aliphatic heterocycles.